The minimum Gasteiger partial charge on any atom is -0.459 e. The number of hydrogen-bond acceptors (Lipinski definition) is 3. The summed E-state index contributed by atoms with van der Waals surface area (Å²) in [5.74, 6) is 6.46. The maximum atomic E-state index is 6.01. The Kier molecular flexibility index (Phi) is 4.38. The summed E-state index contributed by atoms with van der Waals surface area (Å²) in [7, 11) is 0. The Hall–Kier alpha value is -0.850. The first-order valence-electron chi connectivity index (χ1n) is 6.18. The van der Waals surface area contributed by atoms with Crippen LogP contribution in [0.5, 0.6) is 0 Å². The van der Waals surface area contributed by atoms with E-state index in [1.165, 1.54) is 0 Å². The number of benzene rings is 2. The van der Waals surface area contributed by atoms with Gasteiger partial charge in [0, 0.05) is 19.4 Å². The number of halogens is 3. The quantitative estimate of drug-likeness (QED) is 0.446. The molecule has 0 saturated heterocycles. The van der Waals surface area contributed by atoms with Gasteiger partial charge in [0.2, 0.25) is 0 Å². The fraction of sp³-hybridized carbons (Fsp3) is 0.0667. The van der Waals surface area contributed by atoms with Crippen LogP contribution in [-0.4, -0.2) is 0 Å². The minimum atomic E-state index is -0.245. The summed E-state index contributed by atoms with van der Waals surface area (Å²) < 4.78 is 7.81. The molecule has 0 spiro atoms. The topological polar surface area (TPSA) is 51.2 Å². The van der Waals surface area contributed by atoms with Crippen molar-refractivity contribution in [2.24, 2.45) is 5.84 Å². The number of hydrazine groups is 1. The van der Waals surface area contributed by atoms with Crippen LogP contribution >= 0.6 is 43.5 Å². The Labute approximate surface area is 143 Å². The third-order valence-electron chi connectivity index (χ3n) is 3.17. The monoisotopic (exact) mass is 428 g/mol. The van der Waals surface area contributed by atoms with E-state index >= 15 is 0 Å². The smallest absolute Gasteiger partial charge is 0.134 e. The summed E-state index contributed by atoms with van der Waals surface area (Å²) in [5, 5.41) is 1.63. The van der Waals surface area contributed by atoms with Crippen molar-refractivity contribution in [3.63, 3.8) is 0 Å². The maximum absolute atomic E-state index is 6.01. The highest BCUT2D eigenvalue weighted by molar-refractivity contribution is 9.11. The standard InChI is InChI=1S/C15H11Br2ClN2O/c16-10-3-9(4-11(17)7-10)15(20-19)14-6-8-5-12(18)1-2-13(8)21-14/h1-7,15,20H,19H2. The second-order valence-corrected chi connectivity index (χ2v) is 6.90. The van der Waals surface area contributed by atoms with E-state index in [4.69, 9.17) is 21.9 Å². The van der Waals surface area contributed by atoms with Crippen LogP contribution in [0.2, 0.25) is 5.02 Å². The van der Waals surface area contributed by atoms with Crippen LogP contribution in [0, 0.1) is 0 Å². The van der Waals surface area contributed by atoms with E-state index in [-0.39, 0.29) is 6.04 Å². The number of nitrogens with one attached hydrogen (secondary N) is 1. The summed E-state index contributed by atoms with van der Waals surface area (Å²) >= 11 is 13.0. The molecule has 2 aromatic carbocycles. The fourth-order valence-corrected chi connectivity index (χ4v) is 3.77. The van der Waals surface area contributed by atoms with Gasteiger partial charge in [-0.1, -0.05) is 43.5 Å². The zero-order valence-corrected chi connectivity index (χ0v) is 14.7. The number of fused-ring (bicyclic) bond motifs is 1. The van der Waals surface area contributed by atoms with Gasteiger partial charge in [0.15, 0.2) is 0 Å². The first-order chi connectivity index (χ1) is 10.1. The largest absolute Gasteiger partial charge is 0.459 e. The van der Waals surface area contributed by atoms with Crippen molar-refractivity contribution in [1.29, 1.82) is 0 Å². The maximum Gasteiger partial charge on any atom is 0.134 e. The van der Waals surface area contributed by atoms with Crippen molar-refractivity contribution in [1.82, 2.24) is 5.43 Å². The predicted octanol–water partition coefficient (Wildman–Crippen LogP) is 5.16. The number of furan rings is 1. The zero-order valence-electron chi connectivity index (χ0n) is 10.7. The molecule has 3 nitrogen and oxygen atoms in total. The molecule has 0 radical (unpaired) electrons. The highest BCUT2D eigenvalue weighted by atomic mass is 79.9. The molecule has 1 aromatic heterocycles. The average molecular weight is 431 g/mol. The van der Waals surface area contributed by atoms with Crippen LogP contribution in [0.4, 0.5) is 0 Å². The summed E-state index contributed by atoms with van der Waals surface area (Å²) in [6, 6.07) is 13.2. The molecule has 3 N–H and O–H groups in total. The predicted molar refractivity (Wildman–Crippen MR) is 92.2 cm³/mol. The zero-order chi connectivity index (χ0) is 15.0. The highest BCUT2D eigenvalue weighted by Gasteiger charge is 2.18. The van der Waals surface area contributed by atoms with Crippen molar-refractivity contribution in [2.75, 3.05) is 0 Å². The van der Waals surface area contributed by atoms with E-state index in [2.05, 4.69) is 37.3 Å². The second kappa shape index (κ2) is 6.10. The Balaban J connectivity index is 2.08. The first-order valence-corrected chi connectivity index (χ1v) is 8.14. The summed E-state index contributed by atoms with van der Waals surface area (Å²) in [4.78, 5) is 0. The molecule has 1 heterocycles. The molecule has 0 fully saturated rings. The van der Waals surface area contributed by atoms with Crippen molar-refractivity contribution >= 4 is 54.4 Å². The lowest BCUT2D eigenvalue weighted by molar-refractivity contribution is 0.477. The van der Waals surface area contributed by atoms with E-state index in [1.54, 1.807) is 6.07 Å². The molecule has 1 unspecified atom stereocenters. The molecular formula is C15H11Br2ClN2O. The van der Waals surface area contributed by atoms with Gasteiger partial charge in [-0.15, -0.1) is 0 Å². The summed E-state index contributed by atoms with van der Waals surface area (Å²) in [6.07, 6.45) is 0. The van der Waals surface area contributed by atoms with Crippen LogP contribution in [0.25, 0.3) is 11.0 Å². The molecule has 3 rings (SSSR count). The van der Waals surface area contributed by atoms with Crippen LogP contribution in [-0.2, 0) is 0 Å². The molecular weight excluding hydrogens is 419 g/mol. The Morgan fingerprint density at radius 3 is 2.43 bits per heavy atom. The molecule has 3 aromatic rings. The van der Waals surface area contributed by atoms with Crippen LogP contribution in [0.1, 0.15) is 17.4 Å². The van der Waals surface area contributed by atoms with Gasteiger partial charge >= 0.3 is 0 Å². The molecule has 21 heavy (non-hydrogen) atoms. The van der Waals surface area contributed by atoms with E-state index < -0.39 is 0 Å². The molecule has 0 aliphatic heterocycles. The number of hydrogen-bond donors (Lipinski definition) is 2. The lowest BCUT2D eigenvalue weighted by Gasteiger charge is -2.14. The van der Waals surface area contributed by atoms with Gasteiger partial charge in [-0.25, -0.2) is 5.43 Å². The van der Waals surface area contributed by atoms with E-state index in [0.717, 1.165) is 31.2 Å². The van der Waals surface area contributed by atoms with Crippen molar-refractivity contribution in [3.8, 4) is 0 Å². The van der Waals surface area contributed by atoms with Gasteiger partial charge in [-0.2, -0.15) is 0 Å². The molecule has 0 saturated carbocycles. The van der Waals surface area contributed by atoms with E-state index in [0.29, 0.717) is 5.02 Å². The highest BCUT2D eigenvalue weighted by Crippen LogP contribution is 2.32. The molecule has 1 atom stereocenters. The number of nitrogens with two attached hydrogens (primary N) is 1. The minimum absolute atomic E-state index is 0.245. The lowest BCUT2D eigenvalue weighted by Crippen LogP contribution is -2.28. The summed E-state index contributed by atoms with van der Waals surface area (Å²) in [5.41, 5.74) is 4.57. The second-order valence-electron chi connectivity index (χ2n) is 4.63. The Morgan fingerprint density at radius 2 is 1.76 bits per heavy atom. The van der Waals surface area contributed by atoms with Gasteiger partial charge < -0.3 is 4.42 Å². The van der Waals surface area contributed by atoms with Crippen LogP contribution < -0.4 is 11.3 Å². The van der Waals surface area contributed by atoms with Gasteiger partial charge in [0.1, 0.15) is 17.4 Å². The fourth-order valence-electron chi connectivity index (χ4n) is 2.26. The molecule has 0 bridgehead atoms. The van der Waals surface area contributed by atoms with E-state index in [9.17, 15) is 0 Å². The van der Waals surface area contributed by atoms with Gasteiger partial charge in [0.05, 0.1) is 0 Å². The third-order valence-corrected chi connectivity index (χ3v) is 4.32. The average Bonchev–Trinajstić information content (AvgIpc) is 2.81. The molecule has 0 amide bonds. The normalized spacial score (nSPS) is 12.8. The van der Waals surface area contributed by atoms with Gasteiger partial charge in [-0.3, -0.25) is 5.84 Å². The van der Waals surface area contributed by atoms with Crippen LogP contribution in [0.15, 0.2) is 55.8 Å². The lowest BCUT2D eigenvalue weighted by atomic mass is 10.1. The molecule has 0 aliphatic carbocycles. The Bertz CT molecular complexity index is 783. The molecule has 6 heteroatoms. The molecule has 108 valence electrons. The third kappa shape index (κ3) is 3.17. The Morgan fingerprint density at radius 1 is 1.05 bits per heavy atom. The number of rotatable bonds is 3. The van der Waals surface area contributed by atoms with Crippen LogP contribution in [0.3, 0.4) is 0 Å². The van der Waals surface area contributed by atoms with Gasteiger partial charge in [0.25, 0.3) is 0 Å². The van der Waals surface area contributed by atoms with E-state index in [1.807, 2.05) is 36.4 Å². The SMILES string of the molecule is NNC(c1cc(Br)cc(Br)c1)c1cc2cc(Cl)ccc2o1. The molecule has 0 aliphatic rings. The van der Waals surface area contributed by atoms with Crippen molar-refractivity contribution < 1.29 is 4.42 Å². The van der Waals surface area contributed by atoms with Crippen molar-refractivity contribution in [2.45, 2.75) is 6.04 Å². The first kappa shape index (κ1) is 15.1. The van der Waals surface area contributed by atoms with Gasteiger partial charge in [-0.05, 0) is 48.0 Å². The van der Waals surface area contributed by atoms with Crippen molar-refractivity contribution in [3.05, 3.63) is 67.8 Å². The summed E-state index contributed by atoms with van der Waals surface area (Å²) in [6.45, 7) is 0.